The standard InChI is InChI=1S/C13H24N4O/c1-11(2)17-10-8-15-12(13(17)18)14-7-5-6-9-16(3)4/h8,10-11H,5-7,9H2,1-4H3,(H,14,15). The molecule has 0 unspecified atom stereocenters. The van der Waals surface area contributed by atoms with E-state index in [4.69, 9.17) is 0 Å². The van der Waals surface area contributed by atoms with Gasteiger partial charge in [-0.15, -0.1) is 0 Å². The van der Waals surface area contributed by atoms with Crippen LogP contribution in [0.3, 0.4) is 0 Å². The molecular weight excluding hydrogens is 228 g/mol. The summed E-state index contributed by atoms with van der Waals surface area (Å²) in [7, 11) is 4.13. The Labute approximate surface area is 109 Å². The molecule has 18 heavy (non-hydrogen) atoms. The fraction of sp³-hybridized carbons (Fsp3) is 0.692. The summed E-state index contributed by atoms with van der Waals surface area (Å²) in [5.74, 6) is 0.455. The molecule has 0 atom stereocenters. The van der Waals surface area contributed by atoms with Crippen molar-refractivity contribution in [2.75, 3.05) is 32.5 Å². The highest BCUT2D eigenvalue weighted by Gasteiger charge is 2.06. The minimum Gasteiger partial charge on any atom is -0.365 e. The van der Waals surface area contributed by atoms with Gasteiger partial charge in [-0.3, -0.25) is 4.79 Å². The van der Waals surface area contributed by atoms with Crippen molar-refractivity contribution in [2.45, 2.75) is 32.7 Å². The molecule has 0 fully saturated rings. The number of anilines is 1. The molecule has 0 bridgehead atoms. The van der Waals surface area contributed by atoms with Gasteiger partial charge in [0.05, 0.1) is 0 Å². The van der Waals surface area contributed by atoms with Crippen LogP contribution in [0, 0.1) is 0 Å². The number of unbranched alkanes of at least 4 members (excludes halogenated alkanes) is 1. The molecule has 0 radical (unpaired) electrons. The Balaban J connectivity index is 2.48. The van der Waals surface area contributed by atoms with Gasteiger partial charge in [-0.05, 0) is 47.3 Å². The Morgan fingerprint density at radius 3 is 2.72 bits per heavy atom. The highest BCUT2D eigenvalue weighted by atomic mass is 16.1. The van der Waals surface area contributed by atoms with Crippen LogP contribution in [0.4, 0.5) is 5.82 Å². The minimum absolute atomic E-state index is 0.0416. The molecule has 0 aliphatic carbocycles. The lowest BCUT2D eigenvalue weighted by atomic mass is 10.3. The molecule has 1 heterocycles. The highest BCUT2D eigenvalue weighted by molar-refractivity contribution is 5.30. The zero-order chi connectivity index (χ0) is 13.5. The Hall–Kier alpha value is -1.36. The number of rotatable bonds is 7. The van der Waals surface area contributed by atoms with Crippen molar-refractivity contribution in [1.29, 1.82) is 0 Å². The van der Waals surface area contributed by atoms with Gasteiger partial charge >= 0.3 is 0 Å². The lowest BCUT2D eigenvalue weighted by Crippen LogP contribution is -2.26. The first kappa shape index (κ1) is 14.7. The number of nitrogens with zero attached hydrogens (tertiary/aromatic N) is 3. The average molecular weight is 252 g/mol. The van der Waals surface area contributed by atoms with Gasteiger partial charge in [0.2, 0.25) is 0 Å². The van der Waals surface area contributed by atoms with E-state index in [1.165, 1.54) is 0 Å². The first-order chi connectivity index (χ1) is 8.52. The summed E-state index contributed by atoms with van der Waals surface area (Å²) in [6.07, 6.45) is 5.55. The van der Waals surface area contributed by atoms with Crippen molar-refractivity contribution in [3.05, 3.63) is 22.7 Å². The predicted molar refractivity (Wildman–Crippen MR) is 75.2 cm³/mol. The third-order valence-corrected chi connectivity index (χ3v) is 2.75. The first-order valence-electron chi connectivity index (χ1n) is 6.48. The van der Waals surface area contributed by atoms with Crippen LogP contribution < -0.4 is 10.9 Å². The molecule has 5 nitrogen and oxygen atoms in total. The monoisotopic (exact) mass is 252 g/mol. The van der Waals surface area contributed by atoms with Gasteiger partial charge in [0.1, 0.15) is 0 Å². The van der Waals surface area contributed by atoms with Crippen LogP contribution in [0.1, 0.15) is 32.7 Å². The molecule has 0 aliphatic heterocycles. The van der Waals surface area contributed by atoms with Crippen LogP contribution in [0.2, 0.25) is 0 Å². The van der Waals surface area contributed by atoms with Gasteiger partial charge < -0.3 is 14.8 Å². The Morgan fingerprint density at radius 2 is 2.11 bits per heavy atom. The third kappa shape index (κ3) is 4.49. The Kier molecular flexibility index (Phi) is 5.85. The largest absolute Gasteiger partial charge is 0.365 e. The second-order valence-corrected chi connectivity index (χ2v) is 5.02. The maximum Gasteiger partial charge on any atom is 0.293 e. The molecule has 0 spiro atoms. The van der Waals surface area contributed by atoms with Crippen LogP contribution in [0.5, 0.6) is 0 Å². The van der Waals surface area contributed by atoms with Gasteiger partial charge in [0.25, 0.3) is 5.56 Å². The Morgan fingerprint density at radius 1 is 1.39 bits per heavy atom. The molecule has 0 aromatic carbocycles. The summed E-state index contributed by atoms with van der Waals surface area (Å²) in [6, 6.07) is 0.162. The third-order valence-electron chi connectivity index (χ3n) is 2.75. The van der Waals surface area contributed by atoms with E-state index in [-0.39, 0.29) is 11.6 Å². The average Bonchev–Trinajstić information content (AvgIpc) is 2.30. The molecule has 102 valence electrons. The van der Waals surface area contributed by atoms with E-state index in [1.54, 1.807) is 17.0 Å². The van der Waals surface area contributed by atoms with Gasteiger partial charge in [0.15, 0.2) is 5.82 Å². The van der Waals surface area contributed by atoms with E-state index in [2.05, 4.69) is 29.3 Å². The van der Waals surface area contributed by atoms with E-state index in [1.807, 2.05) is 13.8 Å². The van der Waals surface area contributed by atoms with Crippen LogP contribution in [0.15, 0.2) is 17.2 Å². The van der Waals surface area contributed by atoms with Gasteiger partial charge in [-0.25, -0.2) is 4.98 Å². The number of nitrogens with one attached hydrogen (secondary N) is 1. The van der Waals surface area contributed by atoms with Crippen molar-refractivity contribution < 1.29 is 0 Å². The molecule has 1 aromatic heterocycles. The number of aromatic nitrogens is 2. The second-order valence-electron chi connectivity index (χ2n) is 5.02. The van der Waals surface area contributed by atoms with Gasteiger partial charge in [-0.2, -0.15) is 0 Å². The van der Waals surface area contributed by atoms with Gasteiger partial charge in [-0.1, -0.05) is 0 Å². The predicted octanol–water partition coefficient (Wildman–Crippen LogP) is 1.58. The van der Waals surface area contributed by atoms with Crippen molar-refractivity contribution >= 4 is 5.82 Å². The summed E-state index contributed by atoms with van der Waals surface area (Å²) in [5.41, 5.74) is -0.0416. The molecule has 1 N–H and O–H groups in total. The maximum atomic E-state index is 12.0. The van der Waals surface area contributed by atoms with Crippen molar-refractivity contribution in [2.24, 2.45) is 0 Å². The van der Waals surface area contributed by atoms with Crippen molar-refractivity contribution in [1.82, 2.24) is 14.5 Å². The summed E-state index contributed by atoms with van der Waals surface area (Å²) >= 11 is 0. The van der Waals surface area contributed by atoms with Crippen LogP contribution >= 0.6 is 0 Å². The maximum absolute atomic E-state index is 12.0. The molecule has 1 aromatic rings. The topological polar surface area (TPSA) is 50.2 Å². The molecular formula is C13H24N4O. The smallest absolute Gasteiger partial charge is 0.293 e. The van der Waals surface area contributed by atoms with E-state index in [9.17, 15) is 4.79 Å². The van der Waals surface area contributed by atoms with Crippen LogP contribution in [0.25, 0.3) is 0 Å². The lowest BCUT2D eigenvalue weighted by Gasteiger charge is -2.12. The number of hydrogen-bond donors (Lipinski definition) is 1. The van der Waals surface area contributed by atoms with Crippen LogP contribution in [-0.4, -0.2) is 41.6 Å². The zero-order valence-corrected chi connectivity index (χ0v) is 11.8. The SMILES string of the molecule is CC(C)n1ccnc(NCCCCN(C)C)c1=O. The fourth-order valence-electron chi connectivity index (χ4n) is 1.71. The normalized spacial score (nSPS) is 11.2. The number of hydrogen-bond acceptors (Lipinski definition) is 4. The molecule has 0 saturated carbocycles. The fourth-order valence-corrected chi connectivity index (χ4v) is 1.71. The van der Waals surface area contributed by atoms with Gasteiger partial charge in [0, 0.05) is 25.0 Å². The molecule has 0 amide bonds. The second kappa shape index (κ2) is 7.16. The molecule has 0 saturated heterocycles. The van der Waals surface area contributed by atoms with E-state index in [0.717, 1.165) is 25.9 Å². The van der Waals surface area contributed by atoms with E-state index < -0.39 is 0 Å². The summed E-state index contributed by atoms with van der Waals surface area (Å²) < 4.78 is 1.69. The zero-order valence-electron chi connectivity index (χ0n) is 11.8. The lowest BCUT2D eigenvalue weighted by molar-refractivity contribution is 0.396. The van der Waals surface area contributed by atoms with E-state index >= 15 is 0 Å². The van der Waals surface area contributed by atoms with Crippen molar-refractivity contribution in [3.63, 3.8) is 0 Å². The summed E-state index contributed by atoms with van der Waals surface area (Å²) in [5, 5.41) is 3.12. The highest BCUT2D eigenvalue weighted by Crippen LogP contribution is 2.01. The van der Waals surface area contributed by atoms with Crippen molar-refractivity contribution in [3.8, 4) is 0 Å². The minimum atomic E-state index is -0.0416. The Bertz CT molecular complexity index is 412. The van der Waals surface area contributed by atoms with E-state index in [0.29, 0.717) is 5.82 Å². The first-order valence-corrected chi connectivity index (χ1v) is 6.48. The summed E-state index contributed by atoms with van der Waals surface area (Å²) in [6.45, 7) is 5.84. The molecule has 1 rings (SSSR count). The van der Waals surface area contributed by atoms with Crippen LogP contribution in [-0.2, 0) is 0 Å². The molecule has 5 heteroatoms. The quantitative estimate of drug-likeness (QED) is 0.749. The molecule has 0 aliphatic rings. The summed E-state index contributed by atoms with van der Waals surface area (Å²) in [4.78, 5) is 18.3.